The molecule has 2 heterocycles. The predicted octanol–water partition coefficient (Wildman–Crippen LogP) is 4.77. The van der Waals surface area contributed by atoms with Gasteiger partial charge in [0.2, 0.25) is 0 Å². The van der Waals surface area contributed by atoms with E-state index in [9.17, 15) is 4.39 Å². The SMILES string of the molecule is Cc1cc(F)c2c(c1)[C@H]1OCCC[C@H]1[C@H](c1ccccc1)N2. The molecule has 114 valence electrons. The van der Waals surface area contributed by atoms with Crippen LogP contribution in [0.15, 0.2) is 42.5 Å². The van der Waals surface area contributed by atoms with E-state index in [1.807, 2.05) is 25.1 Å². The Hall–Kier alpha value is -1.87. The lowest BCUT2D eigenvalue weighted by Crippen LogP contribution is -2.36. The van der Waals surface area contributed by atoms with E-state index < -0.39 is 0 Å². The first-order valence-electron chi connectivity index (χ1n) is 7.97. The van der Waals surface area contributed by atoms with Gasteiger partial charge in [0.1, 0.15) is 5.82 Å². The van der Waals surface area contributed by atoms with Crippen LogP contribution in [0.5, 0.6) is 0 Å². The Labute approximate surface area is 130 Å². The van der Waals surface area contributed by atoms with Crippen LogP contribution in [0.4, 0.5) is 10.1 Å². The van der Waals surface area contributed by atoms with Gasteiger partial charge in [0, 0.05) is 18.1 Å². The normalized spacial score (nSPS) is 26.7. The van der Waals surface area contributed by atoms with Crippen molar-refractivity contribution < 1.29 is 9.13 Å². The Balaban J connectivity index is 1.83. The van der Waals surface area contributed by atoms with Crippen LogP contribution in [0.3, 0.4) is 0 Å². The summed E-state index contributed by atoms with van der Waals surface area (Å²) in [6.45, 7) is 2.70. The number of ether oxygens (including phenoxy) is 1. The maximum absolute atomic E-state index is 14.5. The standard InChI is InChI=1S/C19H20FNO/c1-12-10-15-18(16(20)11-12)21-17(13-6-3-2-4-7-13)14-8-5-9-22-19(14)15/h2-4,6-7,10-11,14,17,19,21H,5,8-9H2,1H3/t14-,17-,19-/m0/s1. The van der Waals surface area contributed by atoms with Crippen molar-refractivity contribution >= 4 is 5.69 Å². The van der Waals surface area contributed by atoms with Gasteiger partial charge in [-0.05, 0) is 37.0 Å². The highest BCUT2D eigenvalue weighted by Gasteiger charge is 2.40. The van der Waals surface area contributed by atoms with Crippen molar-refractivity contribution in [2.45, 2.75) is 31.9 Å². The number of nitrogens with one attached hydrogen (secondary N) is 1. The van der Waals surface area contributed by atoms with Crippen LogP contribution in [0.25, 0.3) is 0 Å². The molecule has 3 heteroatoms. The second-order valence-corrected chi connectivity index (χ2v) is 6.34. The van der Waals surface area contributed by atoms with Crippen LogP contribution in [0, 0.1) is 18.7 Å². The van der Waals surface area contributed by atoms with E-state index in [0.717, 1.165) is 30.6 Å². The van der Waals surface area contributed by atoms with Crippen molar-refractivity contribution in [2.75, 3.05) is 11.9 Å². The smallest absolute Gasteiger partial charge is 0.146 e. The van der Waals surface area contributed by atoms with Gasteiger partial charge >= 0.3 is 0 Å². The van der Waals surface area contributed by atoms with Gasteiger partial charge in [0.25, 0.3) is 0 Å². The third-order valence-electron chi connectivity index (χ3n) is 4.83. The molecule has 2 aliphatic heterocycles. The minimum absolute atomic E-state index is 0.00962. The van der Waals surface area contributed by atoms with Crippen molar-refractivity contribution in [3.63, 3.8) is 0 Å². The molecule has 0 saturated carbocycles. The number of rotatable bonds is 1. The number of aryl methyl sites for hydroxylation is 1. The zero-order valence-electron chi connectivity index (χ0n) is 12.7. The van der Waals surface area contributed by atoms with Crippen molar-refractivity contribution in [3.8, 4) is 0 Å². The van der Waals surface area contributed by atoms with Gasteiger partial charge in [0.05, 0.1) is 17.8 Å². The van der Waals surface area contributed by atoms with E-state index >= 15 is 0 Å². The third kappa shape index (κ3) is 2.20. The topological polar surface area (TPSA) is 21.3 Å². The van der Waals surface area contributed by atoms with E-state index in [1.54, 1.807) is 6.07 Å². The van der Waals surface area contributed by atoms with E-state index in [2.05, 4.69) is 23.5 Å². The number of anilines is 1. The van der Waals surface area contributed by atoms with Crippen LogP contribution < -0.4 is 5.32 Å². The van der Waals surface area contributed by atoms with Crippen LogP contribution in [-0.4, -0.2) is 6.61 Å². The lowest BCUT2D eigenvalue weighted by Gasteiger charge is -2.43. The minimum atomic E-state index is -0.177. The van der Waals surface area contributed by atoms with Crippen LogP contribution in [0.1, 0.15) is 41.7 Å². The highest BCUT2D eigenvalue weighted by Crippen LogP contribution is 2.49. The van der Waals surface area contributed by atoms with E-state index in [1.165, 1.54) is 5.56 Å². The molecule has 0 spiro atoms. The fourth-order valence-electron chi connectivity index (χ4n) is 3.87. The van der Waals surface area contributed by atoms with Crippen molar-refractivity contribution in [3.05, 3.63) is 65.0 Å². The first-order valence-corrected chi connectivity index (χ1v) is 7.97. The molecule has 2 aromatic rings. The summed E-state index contributed by atoms with van der Waals surface area (Å²) in [6, 6.07) is 14.1. The number of benzene rings is 2. The molecule has 2 nitrogen and oxygen atoms in total. The average Bonchev–Trinajstić information content (AvgIpc) is 2.55. The van der Waals surface area contributed by atoms with Crippen LogP contribution in [-0.2, 0) is 4.74 Å². The Kier molecular flexibility index (Phi) is 3.38. The second kappa shape index (κ2) is 5.40. The van der Waals surface area contributed by atoms with Crippen molar-refractivity contribution in [2.24, 2.45) is 5.92 Å². The van der Waals surface area contributed by atoms with Gasteiger partial charge in [-0.1, -0.05) is 36.4 Å². The summed E-state index contributed by atoms with van der Waals surface area (Å²) >= 11 is 0. The molecule has 0 bridgehead atoms. The van der Waals surface area contributed by atoms with Gasteiger partial charge in [-0.3, -0.25) is 0 Å². The highest BCUT2D eigenvalue weighted by atomic mass is 19.1. The Morgan fingerprint density at radius 1 is 1.18 bits per heavy atom. The highest BCUT2D eigenvalue weighted by molar-refractivity contribution is 5.59. The van der Waals surface area contributed by atoms with Gasteiger partial charge in [-0.15, -0.1) is 0 Å². The quantitative estimate of drug-likeness (QED) is 0.818. The summed E-state index contributed by atoms with van der Waals surface area (Å²) in [5.41, 5.74) is 3.75. The second-order valence-electron chi connectivity index (χ2n) is 6.34. The van der Waals surface area contributed by atoms with Crippen molar-refractivity contribution in [1.29, 1.82) is 0 Å². The van der Waals surface area contributed by atoms with Gasteiger partial charge in [-0.2, -0.15) is 0 Å². The molecule has 4 rings (SSSR count). The fourth-order valence-corrected chi connectivity index (χ4v) is 3.87. The molecule has 2 aliphatic rings. The molecule has 1 fully saturated rings. The largest absolute Gasteiger partial charge is 0.375 e. The van der Waals surface area contributed by atoms with Gasteiger partial charge in [0.15, 0.2) is 0 Å². The summed E-state index contributed by atoms with van der Waals surface area (Å²) in [5, 5.41) is 3.45. The molecule has 22 heavy (non-hydrogen) atoms. The molecule has 0 unspecified atom stereocenters. The van der Waals surface area contributed by atoms with Crippen LogP contribution >= 0.6 is 0 Å². The summed E-state index contributed by atoms with van der Waals surface area (Å²) in [6.07, 6.45) is 2.16. The molecule has 0 amide bonds. The summed E-state index contributed by atoms with van der Waals surface area (Å²) < 4.78 is 20.5. The Morgan fingerprint density at radius 3 is 2.82 bits per heavy atom. The van der Waals surface area contributed by atoms with Gasteiger partial charge in [-0.25, -0.2) is 4.39 Å². The zero-order valence-corrected chi connectivity index (χ0v) is 12.7. The fraction of sp³-hybridized carbons (Fsp3) is 0.368. The predicted molar refractivity (Wildman–Crippen MR) is 85.4 cm³/mol. The number of halogens is 1. The Morgan fingerprint density at radius 2 is 2.00 bits per heavy atom. The average molecular weight is 297 g/mol. The lowest BCUT2D eigenvalue weighted by atomic mass is 9.77. The Bertz CT molecular complexity index is 685. The molecular weight excluding hydrogens is 277 g/mol. The zero-order chi connectivity index (χ0) is 15.1. The molecule has 0 radical (unpaired) electrons. The van der Waals surface area contributed by atoms with Crippen molar-refractivity contribution in [1.82, 2.24) is 0 Å². The maximum Gasteiger partial charge on any atom is 0.146 e. The summed E-state index contributed by atoms with van der Waals surface area (Å²) in [5.74, 6) is 0.174. The first kappa shape index (κ1) is 13.8. The molecular formula is C19H20FNO. The monoisotopic (exact) mass is 297 g/mol. The number of hydrogen-bond donors (Lipinski definition) is 1. The summed E-state index contributed by atoms with van der Waals surface area (Å²) in [7, 11) is 0. The minimum Gasteiger partial charge on any atom is -0.375 e. The summed E-state index contributed by atoms with van der Waals surface area (Å²) in [4.78, 5) is 0. The maximum atomic E-state index is 14.5. The molecule has 3 atom stereocenters. The number of fused-ring (bicyclic) bond motifs is 3. The first-order chi connectivity index (χ1) is 10.7. The van der Waals surface area contributed by atoms with E-state index in [4.69, 9.17) is 4.74 Å². The van der Waals surface area contributed by atoms with E-state index in [-0.39, 0.29) is 18.0 Å². The molecule has 0 aliphatic carbocycles. The van der Waals surface area contributed by atoms with E-state index in [0.29, 0.717) is 11.6 Å². The molecule has 1 N–H and O–H groups in total. The van der Waals surface area contributed by atoms with Gasteiger partial charge < -0.3 is 10.1 Å². The lowest BCUT2D eigenvalue weighted by molar-refractivity contribution is -0.0384. The molecule has 2 aromatic carbocycles. The third-order valence-corrected chi connectivity index (χ3v) is 4.83. The molecule has 1 saturated heterocycles. The number of hydrogen-bond acceptors (Lipinski definition) is 2. The van der Waals surface area contributed by atoms with Crippen LogP contribution in [0.2, 0.25) is 0 Å². The molecule has 0 aromatic heterocycles.